The largest absolute Gasteiger partial charge is 0.208 e. The predicted molar refractivity (Wildman–Crippen MR) is 272 cm³/mol. The minimum absolute atomic E-state index is 0.131. The normalized spacial score (nSPS) is 15.5. The van der Waals surface area contributed by atoms with Crippen LogP contribution >= 0.6 is 0 Å². The summed E-state index contributed by atoms with van der Waals surface area (Å²) in [5.41, 5.74) is 12.9. The summed E-state index contributed by atoms with van der Waals surface area (Å²) in [5.74, 6) is 4.40. The smallest absolute Gasteiger partial charge is 0.164 e. The van der Waals surface area contributed by atoms with Crippen LogP contribution in [-0.4, -0.2) is 29.9 Å². The lowest BCUT2D eigenvalue weighted by molar-refractivity contribution is 0.346. The van der Waals surface area contributed by atoms with E-state index in [1.807, 2.05) is 30.3 Å². The van der Waals surface area contributed by atoms with Crippen LogP contribution < -0.4 is 0 Å². The molecule has 7 aromatic carbocycles. The van der Waals surface area contributed by atoms with E-state index in [2.05, 4.69) is 183 Å². The lowest BCUT2D eigenvalue weighted by Crippen LogP contribution is -2.30. The Kier molecular flexibility index (Phi) is 11.5. The first-order valence-corrected chi connectivity index (χ1v) is 23.5. The summed E-state index contributed by atoms with van der Waals surface area (Å²) >= 11 is 0. The Hall–Kier alpha value is -7.96. The van der Waals surface area contributed by atoms with E-state index in [-0.39, 0.29) is 5.41 Å². The third-order valence-corrected chi connectivity index (χ3v) is 13.4. The Balaban J connectivity index is 0.939. The highest BCUT2D eigenvalue weighted by atomic mass is 15.0. The summed E-state index contributed by atoms with van der Waals surface area (Å²) in [4.78, 5) is 30.6. The van der Waals surface area contributed by atoms with Gasteiger partial charge in [0.05, 0.1) is 0 Å². The fraction of sp³-hybridized carbons (Fsp3) is 0.148. The third kappa shape index (κ3) is 8.79. The van der Waals surface area contributed by atoms with Crippen molar-refractivity contribution >= 4 is 5.57 Å². The first-order chi connectivity index (χ1) is 33.0. The van der Waals surface area contributed by atoms with E-state index in [0.29, 0.717) is 40.9 Å². The molecule has 11 rings (SSSR count). The minimum Gasteiger partial charge on any atom is -0.208 e. The summed E-state index contributed by atoms with van der Waals surface area (Å²) in [6.45, 7) is 2.24. The molecule has 0 saturated heterocycles. The maximum atomic E-state index is 5.16. The standard InChI is InChI=1S/C61H50N6/c1-42-17-14-26-50(39-42)58-64-57(66-60(67-58)52-28-16-25-49(41-52)44-20-8-3-9-21-44)47-31-35-54(36-32-47)61(37-12-5-13-38-61)53-33-29-46(30-34-53)56-62-55(45-22-10-4-11-23-45)63-59(65-56)51-27-15-24-48(40-51)43-18-6-2-7-19-43/h2-4,6-11,14-16,18-36,39-42H,5,12-13,17,37-38H2,1H3. The van der Waals surface area contributed by atoms with E-state index < -0.39 is 0 Å². The molecule has 0 N–H and O–H groups in total. The molecule has 2 aliphatic rings. The molecule has 324 valence electrons. The Bertz CT molecular complexity index is 3230. The zero-order chi connectivity index (χ0) is 45.0. The molecule has 1 unspecified atom stereocenters. The molecular formula is C61H50N6. The first-order valence-electron chi connectivity index (χ1n) is 23.5. The van der Waals surface area contributed by atoms with Crippen LogP contribution in [0.2, 0.25) is 0 Å². The van der Waals surface area contributed by atoms with Gasteiger partial charge in [0.15, 0.2) is 34.9 Å². The van der Waals surface area contributed by atoms with Gasteiger partial charge in [0.25, 0.3) is 0 Å². The molecule has 2 aromatic heterocycles. The van der Waals surface area contributed by atoms with E-state index in [0.717, 1.165) is 74.9 Å². The second-order valence-electron chi connectivity index (χ2n) is 17.9. The molecule has 0 spiro atoms. The molecule has 6 nitrogen and oxygen atoms in total. The van der Waals surface area contributed by atoms with Gasteiger partial charge in [0.2, 0.25) is 0 Å². The fourth-order valence-corrected chi connectivity index (χ4v) is 9.82. The molecular weight excluding hydrogens is 817 g/mol. The van der Waals surface area contributed by atoms with Crippen LogP contribution in [0, 0.1) is 5.92 Å². The Morgan fingerprint density at radius 3 is 1.18 bits per heavy atom. The number of benzene rings is 7. The molecule has 6 heteroatoms. The van der Waals surface area contributed by atoms with Gasteiger partial charge >= 0.3 is 0 Å². The van der Waals surface area contributed by atoms with Gasteiger partial charge in [-0.2, -0.15) is 0 Å². The second kappa shape index (κ2) is 18.5. The minimum atomic E-state index is -0.131. The van der Waals surface area contributed by atoms with Crippen molar-refractivity contribution in [3.05, 3.63) is 223 Å². The molecule has 1 atom stereocenters. The highest BCUT2D eigenvalue weighted by molar-refractivity contribution is 5.76. The van der Waals surface area contributed by atoms with Crippen LogP contribution in [0.4, 0.5) is 0 Å². The van der Waals surface area contributed by atoms with Crippen LogP contribution in [0.5, 0.6) is 0 Å². The summed E-state index contributed by atoms with van der Waals surface area (Å²) < 4.78 is 0. The maximum Gasteiger partial charge on any atom is 0.164 e. The van der Waals surface area contributed by atoms with Crippen molar-refractivity contribution < 1.29 is 0 Å². The van der Waals surface area contributed by atoms with Gasteiger partial charge < -0.3 is 0 Å². The monoisotopic (exact) mass is 866 g/mol. The summed E-state index contributed by atoms with van der Waals surface area (Å²) in [7, 11) is 0. The van der Waals surface area contributed by atoms with Crippen molar-refractivity contribution in [1.82, 2.24) is 29.9 Å². The Morgan fingerprint density at radius 2 is 0.731 bits per heavy atom. The molecule has 9 aromatic rings. The lowest BCUT2D eigenvalue weighted by Gasteiger charge is -2.39. The highest BCUT2D eigenvalue weighted by Gasteiger charge is 2.36. The fourth-order valence-electron chi connectivity index (χ4n) is 9.82. The predicted octanol–water partition coefficient (Wildman–Crippen LogP) is 15.0. The molecule has 67 heavy (non-hydrogen) atoms. The van der Waals surface area contributed by atoms with Gasteiger partial charge in [-0.25, -0.2) is 29.9 Å². The number of hydrogen-bond acceptors (Lipinski definition) is 6. The van der Waals surface area contributed by atoms with Gasteiger partial charge in [-0.05, 0) is 70.7 Å². The highest BCUT2D eigenvalue weighted by Crippen LogP contribution is 2.46. The number of aromatic nitrogens is 6. The molecule has 1 fully saturated rings. The van der Waals surface area contributed by atoms with Crippen LogP contribution in [-0.2, 0) is 5.41 Å². The van der Waals surface area contributed by atoms with Crippen LogP contribution in [0.3, 0.4) is 0 Å². The zero-order valence-corrected chi connectivity index (χ0v) is 37.6. The van der Waals surface area contributed by atoms with E-state index in [1.54, 1.807) is 0 Å². The Labute approximate surface area is 393 Å². The van der Waals surface area contributed by atoms with Gasteiger partial charge in [-0.1, -0.05) is 220 Å². The van der Waals surface area contributed by atoms with Gasteiger partial charge in [-0.3, -0.25) is 0 Å². The lowest BCUT2D eigenvalue weighted by atomic mass is 9.65. The zero-order valence-electron chi connectivity index (χ0n) is 37.6. The number of rotatable bonds is 10. The van der Waals surface area contributed by atoms with Crippen LogP contribution in [0.15, 0.2) is 206 Å². The second-order valence-corrected chi connectivity index (χ2v) is 17.9. The van der Waals surface area contributed by atoms with Crippen LogP contribution in [0.25, 0.3) is 84.8 Å². The van der Waals surface area contributed by atoms with Crippen molar-refractivity contribution in [3.8, 4) is 79.2 Å². The summed E-state index contributed by atoms with van der Waals surface area (Å²) in [5, 5.41) is 0. The Morgan fingerprint density at radius 1 is 0.358 bits per heavy atom. The molecule has 2 heterocycles. The third-order valence-electron chi connectivity index (χ3n) is 13.4. The number of hydrogen-bond donors (Lipinski definition) is 0. The summed E-state index contributed by atoms with van der Waals surface area (Å²) in [6.07, 6.45) is 13.4. The van der Waals surface area contributed by atoms with E-state index in [4.69, 9.17) is 29.9 Å². The number of allylic oxidation sites excluding steroid dienone is 4. The molecule has 0 amide bonds. The molecule has 0 radical (unpaired) electrons. The van der Waals surface area contributed by atoms with Gasteiger partial charge in [0, 0.05) is 38.8 Å². The van der Waals surface area contributed by atoms with Crippen molar-refractivity contribution in [3.63, 3.8) is 0 Å². The average molecular weight is 867 g/mol. The maximum absolute atomic E-state index is 5.16. The van der Waals surface area contributed by atoms with E-state index in [1.165, 1.54) is 30.4 Å². The molecule has 1 saturated carbocycles. The topological polar surface area (TPSA) is 77.3 Å². The molecule has 0 aliphatic heterocycles. The SMILES string of the molecule is CC1C=C(c2nc(-c3ccc(C4(c5ccc(-c6nc(-c7ccccc7)nc(-c7cccc(-c8ccccc8)c7)n6)cc5)CCCCC4)cc3)nc(-c3cccc(-c4ccccc4)c3)n2)C=CC1. The van der Waals surface area contributed by atoms with Crippen molar-refractivity contribution in [2.45, 2.75) is 50.9 Å². The quantitative estimate of drug-likeness (QED) is 0.136. The van der Waals surface area contributed by atoms with Gasteiger partial charge in [0.1, 0.15) is 0 Å². The summed E-state index contributed by atoms with van der Waals surface area (Å²) in [6, 6.07) is 66.1. The van der Waals surface area contributed by atoms with Crippen molar-refractivity contribution in [2.75, 3.05) is 0 Å². The first kappa shape index (κ1) is 41.7. The van der Waals surface area contributed by atoms with Crippen LogP contribution in [0.1, 0.15) is 62.4 Å². The van der Waals surface area contributed by atoms with Crippen molar-refractivity contribution in [1.29, 1.82) is 0 Å². The van der Waals surface area contributed by atoms with E-state index in [9.17, 15) is 0 Å². The average Bonchev–Trinajstić information content (AvgIpc) is 3.42. The molecule has 2 aliphatic carbocycles. The van der Waals surface area contributed by atoms with Gasteiger partial charge in [-0.15, -0.1) is 0 Å². The van der Waals surface area contributed by atoms with Crippen molar-refractivity contribution in [2.24, 2.45) is 5.92 Å². The number of nitrogens with zero attached hydrogens (tertiary/aromatic N) is 6. The van der Waals surface area contributed by atoms with E-state index >= 15 is 0 Å². The molecule has 0 bridgehead atoms.